The van der Waals surface area contributed by atoms with Gasteiger partial charge < -0.3 is 10.0 Å². The second kappa shape index (κ2) is 5.61. The van der Waals surface area contributed by atoms with Crippen LogP contribution in [0.5, 0.6) is 0 Å². The number of thioether (sulfide) groups is 1. The van der Waals surface area contributed by atoms with Gasteiger partial charge in [0.05, 0.1) is 0 Å². The Bertz CT molecular complexity index is 506. The monoisotopic (exact) mass is 280 g/mol. The Hall–Kier alpha value is -1.56. The highest BCUT2D eigenvalue weighted by molar-refractivity contribution is 8.00. The molecule has 5 nitrogen and oxygen atoms in total. The number of carboxylic acid groups (broad SMARTS) is 1. The van der Waals surface area contributed by atoms with Crippen molar-refractivity contribution in [3.8, 4) is 0 Å². The largest absolute Gasteiger partial charge is 0.477 e. The second-order valence-corrected chi connectivity index (χ2v) is 6.01. The maximum Gasteiger partial charge on any atom is 0.354 e. The van der Waals surface area contributed by atoms with Crippen LogP contribution in [0.25, 0.3) is 0 Å². The molecule has 0 spiro atoms. The SMILES string of the molecule is CC1SCCN(C(=O)c2cccc(C(=O)O)n2)C1C. The van der Waals surface area contributed by atoms with Gasteiger partial charge in [-0.25, -0.2) is 9.78 Å². The molecule has 1 amide bonds. The molecule has 0 bridgehead atoms. The lowest BCUT2D eigenvalue weighted by Crippen LogP contribution is -2.48. The average molecular weight is 280 g/mol. The zero-order chi connectivity index (χ0) is 14.0. The van der Waals surface area contributed by atoms with Gasteiger partial charge >= 0.3 is 5.97 Å². The predicted molar refractivity (Wildman–Crippen MR) is 73.6 cm³/mol. The van der Waals surface area contributed by atoms with Crippen LogP contribution >= 0.6 is 11.8 Å². The van der Waals surface area contributed by atoms with E-state index >= 15 is 0 Å². The first-order valence-electron chi connectivity index (χ1n) is 6.13. The smallest absolute Gasteiger partial charge is 0.354 e. The van der Waals surface area contributed by atoms with Crippen LogP contribution in [0.4, 0.5) is 0 Å². The lowest BCUT2D eigenvalue weighted by molar-refractivity contribution is 0.0684. The Morgan fingerprint density at radius 1 is 1.37 bits per heavy atom. The van der Waals surface area contributed by atoms with Gasteiger partial charge in [0.25, 0.3) is 5.91 Å². The molecule has 1 saturated heterocycles. The molecule has 1 aliphatic heterocycles. The summed E-state index contributed by atoms with van der Waals surface area (Å²) in [6, 6.07) is 4.63. The third-order valence-corrected chi connectivity index (χ3v) is 4.67. The number of hydrogen-bond donors (Lipinski definition) is 1. The van der Waals surface area contributed by atoms with Gasteiger partial charge in [-0.2, -0.15) is 11.8 Å². The molecule has 1 aromatic heterocycles. The van der Waals surface area contributed by atoms with Crippen molar-refractivity contribution in [2.75, 3.05) is 12.3 Å². The average Bonchev–Trinajstić information content (AvgIpc) is 2.41. The van der Waals surface area contributed by atoms with E-state index in [1.165, 1.54) is 6.07 Å². The van der Waals surface area contributed by atoms with Crippen LogP contribution in [0.3, 0.4) is 0 Å². The van der Waals surface area contributed by atoms with E-state index in [0.29, 0.717) is 11.8 Å². The van der Waals surface area contributed by atoms with Crippen LogP contribution in [-0.4, -0.2) is 50.5 Å². The quantitative estimate of drug-likeness (QED) is 0.893. The number of hydrogen-bond acceptors (Lipinski definition) is 4. The van der Waals surface area contributed by atoms with E-state index in [1.54, 1.807) is 17.0 Å². The van der Waals surface area contributed by atoms with Crippen LogP contribution < -0.4 is 0 Å². The number of carboxylic acids is 1. The van der Waals surface area contributed by atoms with E-state index in [0.717, 1.165) is 5.75 Å². The van der Waals surface area contributed by atoms with Crippen LogP contribution in [0.1, 0.15) is 34.8 Å². The number of carbonyl (C=O) groups is 2. The first kappa shape index (κ1) is 13.9. The van der Waals surface area contributed by atoms with Crippen molar-refractivity contribution >= 4 is 23.6 Å². The van der Waals surface area contributed by atoms with E-state index in [9.17, 15) is 9.59 Å². The van der Waals surface area contributed by atoms with Gasteiger partial charge in [-0.15, -0.1) is 0 Å². The fourth-order valence-electron chi connectivity index (χ4n) is 2.04. The summed E-state index contributed by atoms with van der Waals surface area (Å²) in [6.45, 7) is 4.78. The number of rotatable bonds is 2. The molecule has 1 aliphatic rings. The van der Waals surface area contributed by atoms with E-state index < -0.39 is 5.97 Å². The molecule has 2 heterocycles. The molecule has 0 aliphatic carbocycles. The molecular weight excluding hydrogens is 264 g/mol. The van der Waals surface area contributed by atoms with Gasteiger partial charge in [0.2, 0.25) is 0 Å². The summed E-state index contributed by atoms with van der Waals surface area (Å²) < 4.78 is 0. The zero-order valence-corrected chi connectivity index (χ0v) is 11.7. The second-order valence-electron chi connectivity index (χ2n) is 4.53. The van der Waals surface area contributed by atoms with Crippen LogP contribution in [0.15, 0.2) is 18.2 Å². The summed E-state index contributed by atoms with van der Waals surface area (Å²) in [5.74, 6) is -0.413. The normalized spacial score (nSPS) is 23.2. The van der Waals surface area contributed by atoms with Crippen LogP contribution in [-0.2, 0) is 0 Å². The molecule has 19 heavy (non-hydrogen) atoms. The van der Waals surface area contributed by atoms with Gasteiger partial charge in [0.15, 0.2) is 0 Å². The Morgan fingerprint density at radius 3 is 2.74 bits per heavy atom. The van der Waals surface area contributed by atoms with E-state index in [2.05, 4.69) is 11.9 Å². The van der Waals surface area contributed by atoms with E-state index in [-0.39, 0.29) is 23.3 Å². The van der Waals surface area contributed by atoms with Crippen molar-refractivity contribution in [2.24, 2.45) is 0 Å². The Balaban J connectivity index is 2.23. The summed E-state index contributed by atoms with van der Waals surface area (Å²) in [7, 11) is 0. The first-order valence-corrected chi connectivity index (χ1v) is 7.18. The summed E-state index contributed by atoms with van der Waals surface area (Å²) >= 11 is 1.84. The van der Waals surface area contributed by atoms with Crippen molar-refractivity contribution < 1.29 is 14.7 Å². The molecule has 1 aromatic rings. The lowest BCUT2D eigenvalue weighted by Gasteiger charge is -2.37. The third kappa shape index (κ3) is 2.89. The van der Waals surface area contributed by atoms with E-state index in [1.807, 2.05) is 18.7 Å². The predicted octanol–water partition coefficient (Wildman–Crippen LogP) is 1.75. The van der Waals surface area contributed by atoms with Crippen molar-refractivity contribution in [1.29, 1.82) is 0 Å². The highest BCUT2D eigenvalue weighted by Gasteiger charge is 2.30. The van der Waals surface area contributed by atoms with Gasteiger partial charge in [-0.1, -0.05) is 13.0 Å². The lowest BCUT2D eigenvalue weighted by atomic mass is 10.2. The minimum absolute atomic E-state index is 0.0991. The number of nitrogens with zero attached hydrogens (tertiary/aromatic N) is 2. The Labute approximate surface area is 116 Å². The van der Waals surface area contributed by atoms with E-state index in [4.69, 9.17) is 5.11 Å². The molecule has 2 unspecified atom stereocenters. The van der Waals surface area contributed by atoms with Crippen molar-refractivity contribution in [2.45, 2.75) is 25.1 Å². The van der Waals surface area contributed by atoms with Crippen LogP contribution in [0, 0.1) is 0 Å². The van der Waals surface area contributed by atoms with Crippen molar-refractivity contribution in [3.63, 3.8) is 0 Å². The molecule has 6 heteroatoms. The Kier molecular flexibility index (Phi) is 4.09. The molecule has 0 radical (unpaired) electrons. The standard InChI is InChI=1S/C13H16N2O3S/c1-8-9(2)19-7-6-15(8)12(16)10-4-3-5-11(14-10)13(17)18/h3-5,8-9H,6-7H2,1-2H3,(H,17,18). The molecule has 2 rings (SSSR count). The summed E-state index contributed by atoms with van der Waals surface area (Å²) in [4.78, 5) is 29.0. The minimum atomic E-state index is -1.12. The summed E-state index contributed by atoms with van der Waals surface area (Å²) in [6.07, 6.45) is 0. The number of carbonyl (C=O) groups excluding carboxylic acids is 1. The maximum atomic E-state index is 12.4. The number of aromatic carboxylic acids is 1. The van der Waals surface area contributed by atoms with Gasteiger partial charge in [-0.3, -0.25) is 4.79 Å². The molecule has 102 valence electrons. The third-order valence-electron chi connectivity index (χ3n) is 3.33. The molecule has 1 N–H and O–H groups in total. The number of pyridine rings is 1. The zero-order valence-electron chi connectivity index (χ0n) is 10.9. The molecule has 0 aromatic carbocycles. The fourth-order valence-corrected chi connectivity index (χ4v) is 3.14. The molecule has 1 fully saturated rings. The van der Waals surface area contributed by atoms with Gasteiger partial charge in [0.1, 0.15) is 11.4 Å². The fraction of sp³-hybridized carbons (Fsp3) is 0.462. The Morgan fingerprint density at radius 2 is 2.05 bits per heavy atom. The minimum Gasteiger partial charge on any atom is -0.477 e. The summed E-state index contributed by atoms with van der Waals surface area (Å²) in [5, 5.41) is 9.28. The highest BCUT2D eigenvalue weighted by Crippen LogP contribution is 2.25. The molecular formula is C13H16N2O3S. The number of amides is 1. The molecule has 2 atom stereocenters. The highest BCUT2D eigenvalue weighted by atomic mass is 32.2. The van der Waals surface area contributed by atoms with Gasteiger partial charge in [-0.05, 0) is 19.1 Å². The first-order chi connectivity index (χ1) is 9.00. The van der Waals surface area contributed by atoms with Gasteiger partial charge in [0, 0.05) is 23.6 Å². The maximum absolute atomic E-state index is 12.4. The van der Waals surface area contributed by atoms with Crippen LogP contribution in [0.2, 0.25) is 0 Å². The van der Waals surface area contributed by atoms with Crippen molar-refractivity contribution in [3.05, 3.63) is 29.6 Å². The molecule has 0 saturated carbocycles. The van der Waals surface area contributed by atoms with Crippen molar-refractivity contribution in [1.82, 2.24) is 9.88 Å². The number of aromatic nitrogens is 1. The summed E-state index contributed by atoms with van der Waals surface area (Å²) in [5.41, 5.74) is 0.101. The topological polar surface area (TPSA) is 70.5 Å².